The van der Waals surface area contributed by atoms with Crippen molar-refractivity contribution in [2.75, 3.05) is 13.2 Å². The van der Waals surface area contributed by atoms with Crippen molar-refractivity contribution in [3.05, 3.63) is 60.8 Å². The largest absolute Gasteiger partial charge is 0.466 e. The fourth-order valence-corrected chi connectivity index (χ4v) is 10.1. The summed E-state index contributed by atoms with van der Waals surface area (Å²) in [5.74, 6) is -0.0659. The van der Waals surface area contributed by atoms with E-state index >= 15 is 0 Å². The topological polar surface area (TPSA) is 95.9 Å². The second-order valence-electron chi connectivity index (χ2n) is 22.8. The molecule has 0 heterocycles. The summed E-state index contributed by atoms with van der Waals surface area (Å²) in [6.45, 7) is 4.83. The van der Waals surface area contributed by atoms with E-state index in [1.54, 1.807) is 6.08 Å². The summed E-state index contributed by atoms with van der Waals surface area (Å²) in [7, 11) is 0. The number of ether oxygens (including phenoxy) is 1. The van der Waals surface area contributed by atoms with Crippen LogP contribution in [0.2, 0.25) is 0 Å². The smallest absolute Gasteiger partial charge is 0.305 e. The van der Waals surface area contributed by atoms with Gasteiger partial charge in [-0.3, -0.25) is 9.59 Å². The summed E-state index contributed by atoms with van der Waals surface area (Å²) in [6.07, 6.45) is 85.9. The lowest BCUT2D eigenvalue weighted by Crippen LogP contribution is -2.45. The molecule has 0 bridgehead atoms. The fourth-order valence-electron chi connectivity index (χ4n) is 10.1. The van der Waals surface area contributed by atoms with E-state index in [1.807, 2.05) is 6.08 Å². The molecule has 0 saturated carbocycles. The maximum absolute atomic E-state index is 12.4. The molecule has 0 aromatic carbocycles. The Hall–Kier alpha value is -2.44. The zero-order valence-electron chi connectivity index (χ0n) is 50.7. The van der Waals surface area contributed by atoms with E-state index in [2.05, 4.69) is 67.8 Å². The Kier molecular flexibility index (Phi) is 63.0. The van der Waals surface area contributed by atoms with Gasteiger partial charge in [0, 0.05) is 12.8 Å². The highest BCUT2D eigenvalue weighted by Crippen LogP contribution is 2.17. The molecule has 2 atom stereocenters. The molecule has 0 saturated heterocycles. The monoisotopic (exact) mass is 1060 g/mol. The molecule has 0 aromatic heterocycles. The Morgan fingerprint density at radius 2 is 0.684 bits per heavy atom. The summed E-state index contributed by atoms with van der Waals surface area (Å²) in [6, 6.07) is -0.625. The average Bonchev–Trinajstić information content (AvgIpc) is 3.42. The first-order valence-electron chi connectivity index (χ1n) is 33.6. The Balaban J connectivity index is 3.38. The number of hydrogen-bond donors (Lipinski definition) is 3. The van der Waals surface area contributed by atoms with Gasteiger partial charge in [-0.2, -0.15) is 0 Å². The molecule has 76 heavy (non-hydrogen) atoms. The van der Waals surface area contributed by atoms with Crippen molar-refractivity contribution in [1.82, 2.24) is 5.32 Å². The van der Waals surface area contributed by atoms with Crippen LogP contribution in [0, 0.1) is 0 Å². The third-order valence-corrected chi connectivity index (χ3v) is 15.2. The molecule has 0 radical (unpaired) electrons. The number of carbonyl (C=O) groups excluding carboxylic acids is 2. The molecular formula is C70H129NO5. The van der Waals surface area contributed by atoms with E-state index in [0.717, 1.165) is 57.8 Å². The molecule has 444 valence electrons. The van der Waals surface area contributed by atoms with Gasteiger partial charge in [0.1, 0.15) is 0 Å². The van der Waals surface area contributed by atoms with Crippen molar-refractivity contribution in [3.8, 4) is 0 Å². The quantitative estimate of drug-likeness (QED) is 0.0320. The van der Waals surface area contributed by atoms with Gasteiger partial charge >= 0.3 is 5.97 Å². The van der Waals surface area contributed by atoms with Crippen LogP contribution in [0.25, 0.3) is 0 Å². The van der Waals surface area contributed by atoms with E-state index in [-0.39, 0.29) is 18.5 Å². The average molecular weight is 1060 g/mol. The summed E-state index contributed by atoms with van der Waals surface area (Å²) in [5, 5.41) is 23.0. The highest BCUT2D eigenvalue weighted by molar-refractivity contribution is 5.76. The van der Waals surface area contributed by atoms with Gasteiger partial charge in [-0.25, -0.2) is 0 Å². The van der Waals surface area contributed by atoms with Crippen LogP contribution in [-0.2, 0) is 14.3 Å². The molecule has 0 aromatic rings. The van der Waals surface area contributed by atoms with Crippen molar-refractivity contribution >= 4 is 11.9 Å². The Bertz CT molecular complexity index is 1320. The van der Waals surface area contributed by atoms with Gasteiger partial charge in [-0.1, -0.05) is 306 Å². The van der Waals surface area contributed by atoms with Crippen LogP contribution in [0.4, 0.5) is 0 Å². The van der Waals surface area contributed by atoms with Crippen molar-refractivity contribution < 1.29 is 24.5 Å². The van der Waals surface area contributed by atoms with E-state index < -0.39 is 12.1 Å². The minimum Gasteiger partial charge on any atom is -0.466 e. The molecule has 0 rings (SSSR count). The van der Waals surface area contributed by atoms with Gasteiger partial charge in [0.2, 0.25) is 5.91 Å². The first-order valence-corrected chi connectivity index (χ1v) is 33.6. The summed E-state index contributed by atoms with van der Waals surface area (Å²) < 4.78 is 5.47. The predicted molar refractivity (Wildman–Crippen MR) is 333 cm³/mol. The van der Waals surface area contributed by atoms with Crippen LogP contribution in [0.5, 0.6) is 0 Å². The lowest BCUT2D eigenvalue weighted by Gasteiger charge is -2.20. The fraction of sp³-hybridized carbons (Fsp3) is 0.829. The molecular weight excluding hydrogens is 935 g/mol. The molecule has 3 N–H and O–H groups in total. The molecule has 2 unspecified atom stereocenters. The number of rotatable bonds is 62. The van der Waals surface area contributed by atoms with Gasteiger partial charge in [-0.05, 0) is 89.9 Å². The summed E-state index contributed by atoms with van der Waals surface area (Å²) >= 11 is 0. The Labute approximate surface area is 473 Å². The number of nitrogens with one attached hydrogen (secondary N) is 1. The van der Waals surface area contributed by atoms with Crippen molar-refractivity contribution in [1.29, 1.82) is 0 Å². The molecule has 6 nitrogen and oxygen atoms in total. The predicted octanol–water partition coefficient (Wildman–Crippen LogP) is 21.5. The standard InChI is InChI=1S/C70H129NO5/c1-3-5-7-9-11-13-15-39-44-48-52-56-60-64-70(75)76-65-61-57-53-49-45-41-38-36-34-32-30-28-26-24-22-20-18-16-17-19-21-23-25-27-29-31-33-35-37-40-43-47-51-55-59-63-69(74)71-67(66-72)68(73)62-58-54-50-46-42-14-12-10-8-6-4-2/h7,9,13,15,18,20,24,26,58,62,67-68,72-73H,3-6,8,10-12,14,16-17,19,21-23,25,27-57,59-61,63-66H2,1-2H3,(H,71,74)/b9-7-,15-13-,20-18-,26-24-,62-58+. The number of aliphatic hydroxyl groups excluding tert-OH is 2. The first-order chi connectivity index (χ1) is 37.5. The number of unbranched alkanes of at least 4 members (excludes halogenated alkanes) is 43. The lowest BCUT2D eigenvalue weighted by molar-refractivity contribution is -0.143. The van der Waals surface area contributed by atoms with Crippen LogP contribution in [-0.4, -0.2) is 47.4 Å². The normalized spacial score (nSPS) is 12.9. The number of aliphatic hydroxyl groups is 2. The van der Waals surface area contributed by atoms with Gasteiger partial charge in [-0.15, -0.1) is 0 Å². The Morgan fingerprint density at radius 1 is 0.368 bits per heavy atom. The minimum atomic E-state index is -0.842. The maximum atomic E-state index is 12.4. The van der Waals surface area contributed by atoms with Crippen molar-refractivity contribution in [3.63, 3.8) is 0 Å². The van der Waals surface area contributed by atoms with Crippen LogP contribution in [0.1, 0.15) is 348 Å². The second kappa shape index (κ2) is 65.1. The minimum absolute atomic E-state index is 0.000650. The van der Waals surface area contributed by atoms with Gasteiger partial charge < -0.3 is 20.3 Å². The van der Waals surface area contributed by atoms with E-state index in [9.17, 15) is 19.8 Å². The molecule has 6 heteroatoms. The van der Waals surface area contributed by atoms with Gasteiger partial charge in [0.15, 0.2) is 0 Å². The molecule has 0 aliphatic carbocycles. The zero-order valence-corrected chi connectivity index (χ0v) is 50.7. The van der Waals surface area contributed by atoms with E-state index in [4.69, 9.17) is 4.74 Å². The number of allylic oxidation sites excluding steroid dienone is 9. The summed E-state index contributed by atoms with van der Waals surface area (Å²) in [5.41, 5.74) is 0. The van der Waals surface area contributed by atoms with Crippen LogP contribution < -0.4 is 5.32 Å². The van der Waals surface area contributed by atoms with Gasteiger partial charge in [0.25, 0.3) is 0 Å². The SMILES string of the molecule is CCC/C=C\C/C=C\CCCCCCCC(=O)OCCCCCCCCCCCCC/C=C\C/C=C\CCCCCCCCCCCCCCCCCCCC(=O)NC(CO)C(O)/C=C/CCCCCCCCCCC. The molecule has 0 aliphatic heterocycles. The van der Waals surface area contributed by atoms with Crippen LogP contribution in [0.15, 0.2) is 60.8 Å². The van der Waals surface area contributed by atoms with Crippen LogP contribution >= 0.6 is 0 Å². The third-order valence-electron chi connectivity index (χ3n) is 15.2. The van der Waals surface area contributed by atoms with E-state index in [1.165, 1.54) is 263 Å². The van der Waals surface area contributed by atoms with E-state index in [0.29, 0.717) is 19.4 Å². The van der Waals surface area contributed by atoms with Crippen LogP contribution in [0.3, 0.4) is 0 Å². The second-order valence-corrected chi connectivity index (χ2v) is 22.8. The first kappa shape index (κ1) is 73.6. The highest BCUT2D eigenvalue weighted by atomic mass is 16.5. The number of carbonyl (C=O) groups is 2. The van der Waals surface area contributed by atoms with Gasteiger partial charge in [0.05, 0.1) is 25.4 Å². The molecule has 0 spiro atoms. The zero-order chi connectivity index (χ0) is 55.0. The number of hydrogen-bond acceptors (Lipinski definition) is 5. The number of esters is 1. The van der Waals surface area contributed by atoms with Crippen molar-refractivity contribution in [2.45, 2.75) is 360 Å². The number of amides is 1. The Morgan fingerprint density at radius 3 is 1.05 bits per heavy atom. The highest BCUT2D eigenvalue weighted by Gasteiger charge is 2.18. The lowest BCUT2D eigenvalue weighted by atomic mass is 10.0. The summed E-state index contributed by atoms with van der Waals surface area (Å²) in [4.78, 5) is 24.5. The molecule has 0 fully saturated rings. The maximum Gasteiger partial charge on any atom is 0.305 e. The molecule has 1 amide bonds. The molecule has 0 aliphatic rings. The third kappa shape index (κ3) is 60.8. The van der Waals surface area contributed by atoms with Crippen molar-refractivity contribution in [2.24, 2.45) is 0 Å².